The topological polar surface area (TPSA) is 80.3 Å². The van der Waals surface area contributed by atoms with Gasteiger partial charge in [0.05, 0.1) is 21.3 Å². The smallest absolute Gasteiger partial charge is 0.344 e. The minimum Gasteiger partial charge on any atom is -0.493 e. The second-order valence-electron chi connectivity index (χ2n) is 8.25. The van der Waals surface area contributed by atoms with Crippen molar-refractivity contribution in [1.29, 1.82) is 0 Å². The standard InChI is InChI=1S/C24H34O7/c1-15(2)18-9-7-16(3)11-19(18)31-23(26)14-30-22(25)10-8-17-12-20(27-4)24(29-6)21(13-17)28-5/h8,10,12-13,15-16,18-19H,7,9,11,14H2,1-6H3/b10-8+/t16-,18+,19-/m0/s1. The van der Waals surface area contributed by atoms with Crippen molar-refractivity contribution in [2.45, 2.75) is 46.1 Å². The van der Waals surface area contributed by atoms with Crippen LogP contribution in [0.4, 0.5) is 0 Å². The van der Waals surface area contributed by atoms with Crippen LogP contribution in [0.5, 0.6) is 17.2 Å². The van der Waals surface area contributed by atoms with Crippen molar-refractivity contribution in [2.24, 2.45) is 17.8 Å². The normalized spacial score (nSPS) is 21.1. The number of esters is 2. The van der Waals surface area contributed by atoms with Crippen LogP contribution in [0.1, 0.15) is 45.6 Å². The highest BCUT2D eigenvalue weighted by Crippen LogP contribution is 2.38. The van der Waals surface area contributed by atoms with Crippen LogP contribution in [0.15, 0.2) is 18.2 Å². The van der Waals surface area contributed by atoms with Crippen LogP contribution in [0, 0.1) is 17.8 Å². The van der Waals surface area contributed by atoms with Crippen LogP contribution < -0.4 is 14.2 Å². The highest BCUT2D eigenvalue weighted by Gasteiger charge is 2.33. The molecule has 1 fully saturated rings. The van der Waals surface area contributed by atoms with Crippen molar-refractivity contribution >= 4 is 18.0 Å². The Hall–Kier alpha value is -2.70. The molecule has 1 aliphatic rings. The summed E-state index contributed by atoms with van der Waals surface area (Å²) in [7, 11) is 4.55. The Morgan fingerprint density at radius 3 is 2.26 bits per heavy atom. The quantitative estimate of drug-likeness (QED) is 0.424. The second kappa shape index (κ2) is 11.6. The summed E-state index contributed by atoms with van der Waals surface area (Å²) in [6.45, 7) is 6.06. The summed E-state index contributed by atoms with van der Waals surface area (Å²) in [5.41, 5.74) is 0.657. The predicted molar refractivity (Wildman–Crippen MR) is 117 cm³/mol. The summed E-state index contributed by atoms with van der Waals surface area (Å²) in [4.78, 5) is 24.3. The van der Waals surface area contributed by atoms with Gasteiger partial charge in [-0.1, -0.05) is 27.2 Å². The fourth-order valence-corrected chi connectivity index (χ4v) is 3.99. The molecule has 0 N–H and O–H groups in total. The molecule has 0 saturated heterocycles. The van der Waals surface area contributed by atoms with E-state index in [-0.39, 0.29) is 6.10 Å². The molecule has 1 aromatic carbocycles. The first-order chi connectivity index (χ1) is 14.8. The predicted octanol–water partition coefficient (Wildman–Crippen LogP) is 4.27. The molecule has 0 spiro atoms. The van der Waals surface area contributed by atoms with Crippen molar-refractivity contribution in [3.63, 3.8) is 0 Å². The van der Waals surface area contributed by atoms with Gasteiger partial charge in [-0.2, -0.15) is 0 Å². The Morgan fingerprint density at radius 1 is 1.06 bits per heavy atom. The summed E-state index contributed by atoms with van der Waals surface area (Å²) in [5, 5.41) is 0. The van der Waals surface area contributed by atoms with Crippen LogP contribution in [-0.2, 0) is 19.1 Å². The van der Waals surface area contributed by atoms with E-state index in [1.165, 1.54) is 27.4 Å². The first kappa shape index (κ1) is 24.6. The van der Waals surface area contributed by atoms with Crippen molar-refractivity contribution in [1.82, 2.24) is 0 Å². The van der Waals surface area contributed by atoms with Gasteiger partial charge in [0.25, 0.3) is 0 Å². The third kappa shape index (κ3) is 6.91. The SMILES string of the molecule is COc1cc(/C=C/C(=O)OCC(=O)O[C@H]2C[C@@H](C)CC[C@@H]2C(C)C)cc(OC)c1OC. The summed E-state index contributed by atoms with van der Waals surface area (Å²) < 4.78 is 26.6. The van der Waals surface area contributed by atoms with Crippen LogP contribution in [0.25, 0.3) is 6.08 Å². The Bertz CT molecular complexity index is 759. The third-order valence-electron chi connectivity index (χ3n) is 5.68. The molecule has 0 bridgehead atoms. The van der Waals surface area contributed by atoms with Crippen molar-refractivity contribution in [3.8, 4) is 17.2 Å². The molecule has 1 saturated carbocycles. The molecule has 1 aromatic rings. The number of hydrogen-bond donors (Lipinski definition) is 0. The molecule has 7 heteroatoms. The lowest BCUT2D eigenvalue weighted by Gasteiger charge is -2.36. The largest absolute Gasteiger partial charge is 0.493 e. The molecule has 3 atom stereocenters. The summed E-state index contributed by atoms with van der Waals surface area (Å²) in [5.74, 6) is 1.56. The minimum absolute atomic E-state index is 0.121. The van der Waals surface area contributed by atoms with E-state index in [0.717, 1.165) is 19.3 Å². The third-order valence-corrected chi connectivity index (χ3v) is 5.68. The molecule has 0 heterocycles. The van der Waals surface area contributed by atoms with Gasteiger partial charge in [0, 0.05) is 6.08 Å². The van der Waals surface area contributed by atoms with E-state index < -0.39 is 18.5 Å². The zero-order chi connectivity index (χ0) is 23.0. The molecule has 2 rings (SSSR count). The molecule has 0 unspecified atom stereocenters. The molecule has 0 radical (unpaired) electrons. The summed E-state index contributed by atoms with van der Waals surface area (Å²) in [6, 6.07) is 3.41. The van der Waals surface area contributed by atoms with Gasteiger partial charge in [-0.05, 0) is 54.4 Å². The lowest BCUT2D eigenvalue weighted by Crippen LogP contribution is -2.36. The monoisotopic (exact) mass is 434 g/mol. The molecule has 1 aliphatic carbocycles. The van der Waals surface area contributed by atoms with Gasteiger partial charge in [-0.3, -0.25) is 0 Å². The van der Waals surface area contributed by atoms with Gasteiger partial charge in [-0.15, -0.1) is 0 Å². The molecule has 7 nitrogen and oxygen atoms in total. The van der Waals surface area contributed by atoms with Crippen molar-refractivity contribution < 1.29 is 33.3 Å². The Kier molecular flexibility index (Phi) is 9.21. The van der Waals surface area contributed by atoms with E-state index in [4.69, 9.17) is 23.7 Å². The van der Waals surface area contributed by atoms with E-state index in [1.807, 2.05) is 0 Å². The molecule has 0 aromatic heterocycles. The maximum atomic E-state index is 12.2. The highest BCUT2D eigenvalue weighted by molar-refractivity contribution is 5.88. The average molecular weight is 435 g/mol. The number of methoxy groups -OCH3 is 3. The van der Waals surface area contributed by atoms with Crippen LogP contribution in [-0.4, -0.2) is 46.0 Å². The van der Waals surface area contributed by atoms with E-state index >= 15 is 0 Å². The van der Waals surface area contributed by atoms with Gasteiger partial charge in [0.2, 0.25) is 5.75 Å². The van der Waals surface area contributed by atoms with Crippen LogP contribution >= 0.6 is 0 Å². The number of hydrogen-bond acceptors (Lipinski definition) is 7. The zero-order valence-corrected chi connectivity index (χ0v) is 19.3. The Morgan fingerprint density at radius 2 is 1.71 bits per heavy atom. The maximum Gasteiger partial charge on any atom is 0.344 e. The number of carbonyl (C=O) groups is 2. The number of rotatable bonds is 9. The fraction of sp³-hybridized carbons (Fsp3) is 0.583. The molecular formula is C24H34O7. The first-order valence-corrected chi connectivity index (χ1v) is 10.6. The molecule has 172 valence electrons. The lowest BCUT2D eigenvalue weighted by atomic mass is 9.75. The van der Waals surface area contributed by atoms with Crippen LogP contribution in [0.2, 0.25) is 0 Å². The molecule has 0 aliphatic heterocycles. The van der Waals surface area contributed by atoms with E-state index in [0.29, 0.717) is 40.6 Å². The number of carbonyl (C=O) groups excluding carboxylic acids is 2. The van der Waals surface area contributed by atoms with Gasteiger partial charge in [-0.25, -0.2) is 9.59 Å². The second-order valence-corrected chi connectivity index (χ2v) is 8.25. The average Bonchev–Trinajstić information content (AvgIpc) is 2.75. The summed E-state index contributed by atoms with van der Waals surface area (Å²) in [6.07, 6.45) is 5.73. The van der Waals surface area contributed by atoms with Gasteiger partial charge in [0.1, 0.15) is 6.10 Å². The lowest BCUT2D eigenvalue weighted by molar-refractivity contribution is -0.165. The minimum atomic E-state index is -0.636. The van der Waals surface area contributed by atoms with Gasteiger partial charge >= 0.3 is 11.9 Å². The summed E-state index contributed by atoms with van der Waals surface area (Å²) >= 11 is 0. The highest BCUT2D eigenvalue weighted by atomic mass is 16.6. The molecule has 31 heavy (non-hydrogen) atoms. The fourth-order valence-electron chi connectivity index (χ4n) is 3.99. The number of ether oxygens (including phenoxy) is 5. The van der Waals surface area contributed by atoms with Crippen molar-refractivity contribution in [3.05, 3.63) is 23.8 Å². The molecule has 0 amide bonds. The van der Waals surface area contributed by atoms with Gasteiger partial charge in [0.15, 0.2) is 18.1 Å². The zero-order valence-electron chi connectivity index (χ0n) is 19.3. The van der Waals surface area contributed by atoms with E-state index in [2.05, 4.69) is 20.8 Å². The van der Waals surface area contributed by atoms with Crippen molar-refractivity contribution in [2.75, 3.05) is 27.9 Å². The Labute approximate surface area is 184 Å². The molecular weight excluding hydrogens is 400 g/mol. The van der Waals surface area contributed by atoms with E-state index in [9.17, 15) is 9.59 Å². The number of benzene rings is 1. The first-order valence-electron chi connectivity index (χ1n) is 10.6. The maximum absolute atomic E-state index is 12.2. The Balaban J connectivity index is 1.92. The van der Waals surface area contributed by atoms with Gasteiger partial charge < -0.3 is 23.7 Å². The van der Waals surface area contributed by atoms with E-state index in [1.54, 1.807) is 18.2 Å². The van der Waals surface area contributed by atoms with Crippen LogP contribution in [0.3, 0.4) is 0 Å².